The SMILES string of the molecule is CN(CCC#N)C(=O)Nc1ccc(SC(F)(F)F)cc1. The lowest BCUT2D eigenvalue weighted by molar-refractivity contribution is -0.0328. The van der Waals surface area contributed by atoms with E-state index in [2.05, 4.69) is 5.32 Å². The number of anilines is 1. The highest BCUT2D eigenvalue weighted by molar-refractivity contribution is 8.00. The van der Waals surface area contributed by atoms with E-state index in [1.165, 1.54) is 36.2 Å². The summed E-state index contributed by atoms with van der Waals surface area (Å²) in [5.41, 5.74) is -3.94. The molecule has 4 nitrogen and oxygen atoms in total. The highest BCUT2D eigenvalue weighted by Crippen LogP contribution is 2.36. The fraction of sp³-hybridized carbons (Fsp3) is 0.333. The van der Waals surface area contributed by atoms with Crippen LogP contribution < -0.4 is 5.32 Å². The zero-order valence-electron chi connectivity index (χ0n) is 10.6. The Kier molecular flexibility index (Phi) is 5.70. The van der Waals surface area contributed by atoms with E-state index in [-0.39, 0.29) is 29.6 Å². The van der Waals surface area contributed by atoms with Gasteiger partial charge < -0.3 is 10.2 Å². The predicted octanol–water partition coefficient (Wildman–Crippen LogP) is 3.68. The second-order valence-corrected chi connectivity index (χ2v) is 4.97. The monoisotopic (exact) mass is 303 g/mol. The molecule has 0 unspecified atom stereocenters. The van der Waals surface area contributed by atoms with Gasteiger partial charge in [-0.2, -0.15) is 18.4 Å². The summed E-state index contributed by atoms with van der Waals surface area (Å²) >= 11 is -0.213. The lowest BCUT2D eigenvalue weighted by Gasteiger charge is -2.16. The van der Waals surface area contributed by atoms with E-state index in [0.717, 1.165) is 0 Å². The summed E-state index contributed by atoms with van der Waals surface area (Å²) in [5.74, 6) is 0. The number of benzene rings is 1. The third-order valence-corrected chi connectivity index (χ3v) is 2.98. The summed E-state index contributed by atoms with van der Waals surface area (Å²) in [5, 5.41) is 10.9. The summed E-state index contributed by atoms with van der Waals surface area (Å²) in [6, 6.07) is 6.84. The zero-order valence-corrected chi connectivity index (χ0v) is 11.4. The molecule has 2 amide bonds. The van der Waals surface area contributed by atoms with E-state index in [0.29, 0.717) is 5.69 Å². The minimum atomic E-state index is -4.33. The number of nitrogens with zero attached hydrogens (tertiary/aromatic N) is 2. The van der Waals surface area contributed by atoms with E-state index in [1.54, 1.807) is 0 Å². The van der Waals surface area contributed by atoms with E-state index in [9.17, 15) is 18.0 Å². The third kappa shape index (κ3) is 5.84. The van der Waals surface area contributed by atoms with Crippen LogP contribution >= 0.6 is 11.8 Å². The molecule has 0 atom stereocenters. The molecular formula is C12H12F3N3OS. The number of thioether (sulfide) groups is 1. The van der Waals surface area contributed by atoms with Gasteiger partial charge in [0.15, 0.2) is 0 Å². The summed E-state index contributed by atoms with van der Waals surface area (Å²) in [6.45, 7) is 0.282. The van der Waals surface area contributed by atoms with Crippen molar-refractivity contribution in [1.82, 2.24) is 4.90 Å². The molecule has 1 rings (SSSR count). The molecule has 0 aliphatic rings. The number of carbonyl (C=O) groups excluding carboxylic acids is 1. The summed E-state index contributed by atoms with van der Waals surface area (Å²) in [6.07, 6.45) is 0.213. The minimum absolute atomic E-state index is 0.0494. The fourth-order valence-corrected chi connectivity index (χ4v) is 1.82. The molecule has 108 valence electrons. The van der Waals surface area contributed by atoms with Crippen LogP contribution in [0.2, 0.25) is 0 Å². The third-order valence-electron chi connectivity index (χ3n) is 2.24. The lowest BCUT2D eigenvalue weighted by atomic mass is 10.3. The average molecular weight is 303 g/mol. The molecule has 0 spiro atoms. The molecule has 0 saturated carbocycles. The standard InChI is InChI=1S/C12H12F3N3OS/c1-18(8-2-7-16)11(19)17-9-3-5-10(6-4-9)20-12(13,14)15/h3-6H,2,8H2,1H3,(H,17,19). The maximum atomic E-state index is 12.1. The number of halogens is 3. The number of amides is 2. The van der Waals surface area contributed by atoms with Gasteiger partial charge in [-0.3, -0.25) is 0 Å². The van der Waals surface area contributed by atoms with Crippen molar-refractivity contribution < 1.29 is 18.0 Å². The quantitative estimate of drug-likeness (QED) is 0.863. The molecular weight excluding hydrogens is 291 g/mol. The van der Waals surface area contributed by atoms with Gasteiger partial charge in [-0.15, -0.1) is 0 Å². The first kappa shape index (κ1) is 16.2. The smallest absolute Gasteiger partial charge is 0.327 e. The number of carbonyl (C=O) groups is 1. The van der Waals surface area contributed by atoms with Crippen molar-refractivity contribution in [1.29, 1.82) is 5.26 Å². The Bertz CT molecular complexity index is 496. The normalized spacial score (nSPS) is 10.8. The van der Waals surface area contributed by atoms with Crippen LogP contribution in [0.1, 0.15) is 6.42 Å². The van der Waals surface area contributed by atoms with Gasteiger partial charge in [0.05, 0.1) is 12.5 Å². The number of hydrogen-bond acceptors (Lipinski definition) is 3. The van der Waals surface area contributed by atoms with Crippen molar-refractivity contribution in [3.63, 3.8) is 0 Å². The van der Waals surface area contributed by atoms with E-state index < -0.39 is 11.5 Å². The van der Waals surface area contributed by atoms with Crippen LogP contribution in [0.5, 0.6) is 0 Å². The van der Waals surface area contributed by atoms with Crippen LogP contribution in [0.3, 0.4) is 0 Å². The van der Waals surface area contributed by atoms with Crippen molar-refractivity contribution in [2.45, 2.75) is 16.8 Å². The molecule has 1 aromatic rings. The van der Waals surface area contributed by atoms with Gasteiger partial charge in [-0.1, -0.05) is 0 Å². The zero-order chi connectivity index (χ0) is 15.2. The van der Waals surface area contributed by atoms with Crippen LogP contribution in [0.25, 0.3) is 0 Å². The summed E-state index contributed by atoms with van der Waals surface area (Å²) in [4.78, 5) is 13.0. The second kappa shape index (κ2) is 7.05. The summed E-state index contributed by atoms with van der Waals surface area (Å²) < 4.78 is 36.4. The molecule has 0 saturated heterocycles. The average Bonchev–Trinajstić information content (AvgIpc) is 2.36. The maximum absolute atomic E-state index is 12.1. The largest absolute Gasteiger partial charge is 0.446 e. The number of alkyl halides is 3. The Morgan fingerprint density at radius 1 is 1.40 bits per heavy atom. The summed E-state index contributed by atoms with van der Waals surface area (Å²) in [7, 11) is 1.53. The van der Waals surface area contributed by atoms with E-state index >= 15 is 0 Å². The fourth-order valence-electron chi connectivity index (χ4n) is 1.28. The van der Waals surface area contributed by atoms with Gasteiger partial charge in [0.2, 0.25) is 0 Å². The Hall–Kier alpha value is -1.88. The molecule has 0 aromatic heterocycles. The number of nitrogens with one attached hydrogen (secondary N) is 1. The van der Waals surface area contributed by atoms with E-state index in [1.807, 2.05) is 6.07 Å². The molecule has 0 radical (unpaired) electrons. The van der Waals surface area contributed by atoms with Crippen LogP contribution in [0.15, 0.2) is 29.2 Å². The lowest BCUT2D eigenvalue weighted by Crippen LogP contribution is -2.31. The first-order valence-electron chi connectivity index (χ1n) is 5.56. The maximum Gasteiger partial charge on any atom is 0.446 e. The number of nitriles is 1. The predicted molar refractivity (Wildman–Crippen MR) is 70.2 cm³/mol. The van der Waals surface area contributed by atoms with Crippen molar-refractivity contribution in [3.05, 3.63) is 24.3 Å². The number of hydrogen-bond donors (Lipinski definition) is 1. The molecule has 0 fully saturated rings. The topological polar surface area (TPSA) is 56.1 Å². The van der Waals surface area contributed by atoms with Crippen LogP contribution in [-0.4, -0.2) is 30.0 Å². The Balaban J connectivity index is 2.57. The highest BCUT2D eigenvalue weighted by Gasteiger charge is 2.29. The molecule has 8 heteroatoms. The van der Waals surface area contributed by atoms with Crippen molar-refractivity contribution in [2.24, 2.45) is 0 Å². The molecule has 1 N–H and O–H groups in total. The van der Waals surface area contributed by atoms with E-state index in [4.69, 9.17) is 5.26 Å². The molecule has 0 aliphatic carbocycles. The van der Waals surface area contributed by atoms with Gasteiger partial charge in [0.25, 0.3) is 0 Å². The van der Waals surface area contributed by atoms with Crippen molar-refractivity contribution in [3.8, 4) is 6.07 Å². The van der Waals surface area contributed by atoms with Crippen LogP contribution in [0.4, 0.5) is 23.7 Å². The van der Waals surface area contributed by atoms with Crippen molar-refractivity contribution in [2.75, 3.05) is 18.9 Å². The van der Waals surface area contributed by atoms with Gasteiger partial charge in [-0.05, 0) is 36.0 Å². The van der Waals surface area contributed by atoms with Crippen LogP contribution in [-0.2, 0) is 0 Å². The highest BCUT2D eigenvalue weighted by atomic mass is 32.2. The first-order valence-corrected chi connectivity index (χ1v) is 6.38. The van der Waals surface area contributed by atoms with Gasteiger partial charge >= 0.3 is 11.5 Å². The molecule has 1 aromatic carbocycles. The Morgan fingerprint density at radius 3 is 2.50 bits per heavy atom. The molecule has 0 heterocycles. The Labute approximate surface area is 118 Å². The van der Waals surface area contributed by atoms with Crippen LogP contribution in [0, 0.1) is 11.3 Å². The van der Waals surface area contributed by atoms with Gasteiger partial charge in [-0.25, -0.2) is 4.79 Å². The Morgan fingerprint density at radius 2 is 2.00 bits per heavy atom. The molecule has 0 aliphatic heterocycles. The number of urea groups is 1. The molecule has 0 bridgehead atoms. The minimum Gasteiger partial charge on any atom is -0.327 e. The first-order chi connectivity index (χ1) is 9.31. The second-order valence-electron chi connectivity index (χ2n) is 3.83. The van der Waals surface area contributed by atoms with Gasteiger partial charge in [0, 0.05) is 24.2 Å². The molecule has 20 heavy (non-hydrogen) atoms. The van der Waals surface area contributed by atoms with Crippen molar-refractivity contribution >= 4 is 23.5 Å². The van der Waals surface area contributed by atoms with Gasteiger partial charge in [0.1, 0.15) is 0 Å². The number of rotatable bonds is 4.